The van der Waals surface area contributed by atoms with Gasteiger partial charge >= 0.3 is 0 Å². The van der Waals surface area contributed by atoms with Gasteiger partial charge in [-0.25, -0.2) is 0 Å². The van der Waals surface area contributed by atoms with E-state index in [1.807, 2.05) is 25.1 Å². The second-order valence-electron chi connectivity index (χ2n) is 3.75. The molecular weight excluding hydrogens is 184 g/mol. The van der Waals surface area contributed by atoms with Crippen LogP contribution in [-0.4, -0.2) is 11.2 Å². The molecule has 2 rings (SSSR count). The Morgan fingerprint density at radius 1 is 1.38 bits per heavy atom. The zero-order valence-corrected chi connectivity index (χ0v) is 8.38. The minimum atomic E-state index is -0.139. The highest BCUT2D eigenvalue weighted by Gasteiger charge is 2.30. The van der Waals surface area contributed by atoms with Crippen LogP contribution in [0.4, 0.5) is 0 Å². The lowest BCUT2D eigenvalue weighted by Gasteiger charge is -2.33. The normalized spacial score (nSPS) is 27.0. The molecule has 1 aliphatic carbocycles. The fourth-order valence-corrected chi connectivity index (χ4v) is 2.13. The second-order valence-corrected chi connectivity index (χ2v) is 4.19. The Balaban J connectivity index is 2.30. The van der Waals surface area contributed by atoms with Crippen LogP contribution in [0.15, 0.2) is 18.2 Å². The third kappa shape index (κ3) is 1.59. The van der Waals surface area contributed by atoms with Crippen molar-refractivity contribution in [1.82, 2.24) is 0 Å². The number of aliphatic hydroxyl groups excluding tert-OH is 1. The number of benzene rings is 1. The number of halogens is 1. The fraction of sp³-hybridized carbons (Fsp3) is 0.455. The number of rotatable bonds is 1. The van der Waals surface area contributed by atoms with Gasteiger partial charge in [-0.05, 0) is 43.0 Å². The van der Waals surface area contributed by atoms with E-state index < -0.39 is 0 Å². The number of aryl methyl sites for hydroxylation is 1. The standard InChI is InChI=1S/C11H13ClO/c1-7-6-8(12)2-3-9(7)10-4-5-11(10)13/h2-3,6,10-11,13H,4-5H2,1H3. The smallest absolute Gasteiger partial charge is 0.0609 e. The van der Waals surface area contributed by atoms with E-state index in [2.05, 4.69) is 0 Å². The highest BCUT2D eigenvalue weighted by Crippen LogP contribution is 2.38. The summed E-state index contributed by atoms with van der Waals surface area (Å²) in [5, 5.41) is 10.3. The van der Waals surface area contributed by atoms with Crippen LogP contribution in [-0.2, 0) is 0 Å². The van der Waals surface area contributed by atoms with E-state index >= 15 is 0 Å². The van der Waals surface area contributed by atoms with Gasteiger partial charge in [0, 0.05) is 10.9 Å². The highest BCUT2D eigenvalue weighted by atomic mass is 35.5. The van der Waals surface area contributed by atoms with E-state index in [1.165, 1.54) is 11.1 Å². The zero-order chi connectivity index (χ0) is 9.42. The summed E-state index contributed by atoms with van der Waals surface area (Å²) in [6, 6.07) is 5.89. The second kappa shape index (κ2) is 3.32. The maximum atomic E-state index is 9.52. The van der Waals surface area contributed by atoms with Crippen LogP contribution < -0.4 is 0 Å². The molecule has 0 spiro atoms. The van der Waals surface area contributed by atoms with Gasteiger partial charge in [-0.2, -0.15) is 0 Å². The predicted molar refractivity (Wildman–Crippen MR) is 54.2 cm³/mol. The number of hydrogen-bond donors (Lipinski definition) is 1. The molecular formula is C11H13ClO. The molecule has 2 heteroatoms. The molecule has 13 heavy (non-hydrogen) atoms. The summed E-state index contributed by atoms with van der Waals surface area (Å²) < 4.78 is 0. The van der Waals surface area contributed by atoms with Gasteiger partial charge in [0.05, 0.1) is 6.10 Å². The van der Waals surface area contributed by atoms with Crippen molar-refractivity contribution in [2.24, 2.45) is 0 Å². The highest BCUT2D eigenvalue weighted by molar-refractivity contribution is 6.30. The van der Waals surface area contributed by atoms with Crippen LogP contribution in [0.5, 0.6) is 0 Å². The molecule has 1 aliphatic rings. The molecule has 1 N–H and O–H groups in total. The average molecular weight is 197 g/mol. The lowest BCUT2D eigenvalue weighted by atomic mass is 9.76. The molecule has 1 nitrogen and oxygen atoms in total. The summed E-state index contributed by atoms with van der Waals surface area (Å²) in [6.07, 6.45) is 1.90. The van der Waals surface area contributed by atoms with Crippen molar-refractivity contribution < 1.29 is 5.11 Å². The largest absolute Gasteiger partial charge is 0.392 e. The van der Waals surface area contributed by atoms with Gasteiger partial charge in [-0.15, -0.1) is 0 Å². The molecule has 1 aromatic carbocycles. The van der Waals surface area contributed by atoms with Crippen molar-refractivity contribution in [2.75, 3.05) is 0 Å². The maximum absolute atomic E-state index is 9.52. The first-order valence-electron chi connectivity index (χ1n) is 4.62. The van der Waals surface area contributed by atoms with Gasteiger partial charge in [0.15, 0.2) is 0 Å². The summed E-state index contributed by atoms with van der Waals surface area (Å²) in [5.41, 5.74) is 2.44. The molecule has 0 amide bonds. The number of aliphatic hydroxyl groups is 1. The molecule has 0 bridgehead atoms. The van der Waals surface area contributed by atoms with Crippen LogP contribution in [0.2, 0.25) is 5.02 Å². The molecule has 0 saturated heterocycles. The van der Waals surface area contributed by atoms with Crippen molar-refractivity contribution in [3.63, 3.8) is 0 Å². The fourth-order valence-electron chi connectivity index (χ4n) is 1.90. The van der Waals surface area contributed by atoms with Gasteiger partial charge in [0.25, 0.3) is 0 Å². The molecule has 1 fully saturated rings. The maximum Gasteiger partial charge on any atom is 0.0609 e. The molecule has 0 heterocycles. The SMILES string of the molecule is Cc1cc(Cl)ccc1C1CCC1O. The van der Waals surface area contributed by atoms with E-state index in [1.54, 1.807) is 0 Å². The van der Waals surface area contributed by atoms with Crippen LogP contribution in [0, 0.1) is 6.92 Å². The summed E-state index contributed by atoms with van der Waals surface area (Å²) in [7, 11) is 0. The van der Waals surface area contributed by atoms with Crippen LogP contribution in [0.1, 0.15) is 29.9 Å². The summed E-state index contributed by atoms with van der Waals surface area (Å²) >= 11 is 5.86. The average Bonchev–Trinajstić information content (AvgIpc) is 2.07. The molecule has 70 valence electrons. The third-order valence-corrected chi connectivity index (χ3v) is 3.10. The van der Waals surface area contributed by atoms with E-state index in [-0.39, 0.29) is 6.10 Å². The molecule has 2 atom stereocenters. The Morgan fingerprint density at radius 3 is 2.62 bits per heavy atom. The molecule has 1 saturated carbocycles. The first-order valence-corrected chi connectivity index (χ1v) is 5.00. The zero-order valence-electron chi connectivity index (χ0n) is 7.63. The lowest BCUT2D eigenvalue weighted by molar-refractivity contribution is 0.0658. The van der Waals surface area contributed by atoms with Crippen molar-refractivity contribution in [2.45, 2.75) is 31.8 Å². The third-order valence-electron chi connectivity index (χ3n) is 2.87. The van der Waals surface area contributed by atoms with Gasteiger partial charge in [-0.1, -0.05) is 17.7 Å². The molecule has 0 aromatic heterocycles. The van der Waals surface area contributed by atoms with Crippen LogP contribution in [0.3, 0.4) is 0 Å². The van der Waals surface area contributed by atoms with Gasteiger partial charge in [0.1, 0.15) is 0 Å². The van der Waals surface area contributed by atoms with E-state index in [4.69, 9.17) is 11.6 Å². The summed E-state index contributed by atoms with van der Waals surface area (Å²) in [5.74, 6) is 0.345. The van der Waals surface area contributed by atoms with Gasteiger partial charge in [-0.3, -0.25) is 0 Å². The Kier molecular flexibility index (Phi) is 2.31. The monoisotopic (exact) mass is 196 g/mol. The Morgan fingerprint density at radius 2 is 2.15 bits per heavy atom. The lowest BCUT2D eigenvalue weighted by Crippen LogP contribution is -2.29. The van der Waals surface area contributed by atoms with Crippen LogP contribution in [0.25, 0.3) is 0 Å². The van der Waals surface area contributed by atoms with E-state index in [9.17, 15) is 5.11 Å². The first-order chi connectivity index (χ1) is 6.18. The minimum Gasteiger partial charge on any atom is -0.392 e. The summed E-state index contributed by atoms with van der Waals surface area (Å²) in [4.78, 5) is 0. The predicted octanol–water partition coefficient (Wildman–Crippen LogP) is 2.89. The molecule has 2 unspecified atom stereocenters. The van der Waals surface area contributed by atoms with Crippen molar-refractivity contribution in [3.05, 3.63) is 34.3 Å². The topological polar surface area (TPSA) is 20.2 Å². The van der Waals surface area contributed by atoms with Crippen molar-refractivity contribution in [3.8, 4) is 0 Å². The van der Waals surface area contributed by atoms with Crippen LogP contribution >= 0.6 is 11.6 Å². The molecule has 1 aromatic rings. The quantitative estimate of drug-likeness (QED) is 0.733. The Hall–Kier alpha value is -0.530. The van der Waals surface area contributed by atoms with Crippen molar-refractivity contribution in [1.29, 1.82) is 0 Å². The summed E-state index contributed by atoms with van der Waals surface area (Å²) in [6.45, 7) is 2.05. The number of hydrogen-bond acceptors (Lipinski definition) is 1. The Labute approximate surface area is 83.3 Å². The first kappa shape index (κ1) is 9.04. The van der Waals surface area contributed by atoms with Gasteiger partial charge < -0.3 is 5.11 Å². The Bertz CT molecular complexity index is 322. The van der Waals surface area contributed by atoms with E-state index in [0.717, 1.165) is 17.9 Å². The molecule has 0 aliphatic heterocycles. The van der Waals surface area contributed by atoms with Gasteiger partial charge in [0.2, 0.25) is 0 Å². The van der Waals surface area contributed by atoms with Crippen molar-refractivity contribution >= 4 is 11.6 Å². The van der Waals surface area contributed by atoms with E-state index in [0.29, 0.717) is 5.92 Å². The minimum absolute atomic E-state index is 0.139. The molecule has 0 radical (unpaired) electrons.